The SMILES string of the molecule is N=C(N)NC(=O)[C@@H]1C[C@H]1c1cccc2c1CCO2. The molecule has 0 spiro atoms. The van der Waals surface area contributed by atoms with Crippen molar-refractivity contribution < 1.29 is 9.53 Å². The van der Waals surface area contributed by atoms with E-state index in [2.05, 4.69) is 11.4 Å². The van der Waals surface area contributed by atoms with E-state index in [0.717, 1.165) is 25.2 Å². The Morgan fingerprint density at radius 3 is 3.11 bits per heavy atom. The van der Waals surface area contributed by atoms with Gasteiger partial charge in [-0.3, -0.25) is 15.5 Å². The number of rotatable bonds is 2. The van der Waals surface area contributed by atoms with Crippen molar-refractivity contribution in [3.63, 3.8) is 0 Å². The van der Waals surface area contributed by atoms with E-state index in [9.17, 15) is 4.79 Å². The van der Waals surface area contributed by atoms with Crippen molar-refractivity contribution in [3.8, 4) is 5.75 Å². The second-order valence-electron chi connectivity index (χ2n) is 4.77. The minimum absolute atomic E-state index is 0.0546. The van der Waals surface area contributed by atoms with E-state index in [-0.39, 0.29) is 23.7 Å². The highest BCUT2D eigenvalue weighted by Gasteiger charge is 2.45. The van der Waals surface area contributed by atoms with E-state index in [1.165, 1.54) is 11.1 Å². The summed E-state index contributed by atoms with van der Waals surface area (Å²) in [5.41, 5.74) is 7.62. The molecular weight excluding hydrogens is 230 g/mol. The monoisotopic (exact) mass is 245 g/mol. The largest absolute Gasteiger partial charge is 0.493 e. The van der Waals surface area contributed by atoms with Gasteiger partial charge in [-0.25, -0.2) is 0 Å². The van der Waals surface area contributed by atoms with Gasteiger partial charge in [-0.15, -0.1) is 0 Å². The molecule has 0 saturated heterocycles. The van der Waals surface area contributed by atoms with Crippen LogP contribution >= 0.6 is 0 Å². The fraction of sp³-hybridized carbons (Fsp3) is 0.385. The van der Waals surface area contributed by atoms with Crippen LogP contribution in [-0.2, 0) is 11.2 Å². The van der Waals surface area contributed by atoms with Crippen LogP contribution in [0.1, 0.15) is 23.5 Å². The van der Waals surface area contributed by atoms with Crippen molar-refractivity contribution in [2.24, 2.45) is 11.7 Å². The maximum Gasteiger partial charge on any atom is 0.230 e. The molecule has 5 heteroatoms. The predicted molar refractivity (Wildman–Crippen MR) is 66.5 cm³/mol. The fourth-order valence-electron chi connectivity index (χ4n) is 2.65. The second kappa shape index (κ2) is 4.01. The van der Waals surface area contributed by atoms with E-state index in [1.54, 1.807) is 0 Å². The summed E-state index contributed by atoms with van der Waals surface area (Å²) in [5.74, 6) is 0.711. The molecule has 94 valence electrons. The highest BCUT2D eigenvalue weighted by molar-refractivity contribution is 5.97. The molecule has 0 aromatic heterocycles. The summed E-state index contributed by atoms with van der Waals surface area (Å²) in [5, 5.41) is 9.43. The number of benzene rings is 1. The molecule has 1 saturated carbocycles. The fourth-order valence-corrected chi connectivity index (χ4v) is 2.65. The lowest BCUT2D eigenvalue weighted by Crippen LogP contribution is -2.36. The zero-order valence-corrected chi connectivity index (χ0v) is 9.90. The molecule has 2 aliphatic rings. The number of nitrogens with one attached hydrogen (secondary N) is 2. The third-order valence-corrected chi connectivity index (χ3v) is 3.56. The van der Waals surface area contributed by atoms with Crippen molar-refractivity contribution in [1.82, 2.24) is 5.32 Å². The number of ether oxygens (including phenoxy) is 1. The Labute approximate surface area is 105 Å². The Morgan fingerprint density at radius 2 is 2.33 bits per heavy atom. The second-order valence-corrected chi connectivity index (χ2v) is 4.77. The van der Waals surface area contributed by atoms with Gasteiger partial charge in [0, 0.05) is 17.9 Å². The maximum atomic E-state index is 11.7. The number of hydrogen-bond donors (Lipinski definition) is 3. The highest BCUT2D eigenvalue weighted by Crippen LogP contribution is 2.50. The third-order valence-electron chi connectivity index (χ3n) is 3.56. The van der Waals surface area contributed by atoms with Crippen LogP contribution in [0, 0.1) is 11.3 Å². The van der Waals surface area contributed by atoms with Crippen LogP contribution in [-0.4, -0.2) is 18.5 Å². The van der Waals surface area contributed by atoms with Crippen molar-refractivity contribution in [1.29, 1.82) is 5.41 Å². The van der Waals surface area contributed by atoms with Crippen LogP contribution < -0.4 is 15.8 Å². The van der Waals surface area contributed by atoms with Gasteiger partial charge in [-0.1, -0.05) is 12.1 Å². The first-order valence-electron chi connectivity index (χ1n) is 6.06. The van der Waals surface area contributed by atoms with Gasteiger partial charge in [-0.05, 0) is 24.0 Å². The van der Waals surface area contributed by atoms with Crippen molar-refractivity contribution >= 4 is 11.9 Å². The lowest BCUT2D eigenvalue weighted by molar-refractivity contribution is -0.121. The Balaban J connectivity index is 1.77. The van der Waals surface area contributed by atoms with Gasteiger partial charge < -0.3 is 10.5 Å². The predicted octanol–water partition coefficient (Wildman–Crippen LogP) is 0.735. The number of fused-ring (bicyclic) bond motifs is 1. The first-order valence-corrected chi connectivity index (χ1v) is 6.06. The molecule has 0 unspecified atom stereocenters. The van der Waals surface area contributed by atoms with Gasteiger partial charge in [0.1, 0.15) is 5.75 Å². The minimum atomic E-state index is -0.285. The van der Waals surface area contributed by atoms with Gasteiger partial charge in [0.2, 0.25) is 5.91 Å². The number of carbonyl (C=O) groups is 1. The lowest BCUT2D eigenvalue weighted by Gasteiger charge is -2.06. The Bertz CT molecular complexity index is 527. The molecule has 0 bridgehead atoms. The molecule has 1 aliphatic carbocycles. The molecule has 1 heterocycles. The van der Waals surface area contributed by atoms with Crippen LogP contribution in [0.3, 0.4) is 0 Å². The van der Waals surface area contributed by atoms with Gasteiger partial charge in [0.25, 0.3) is 0 Å². The van der Waals surface area contributed by atoms with Crippen molar-refractivity contribution in [3.05, 3.63) is 29.3 Å². The van der Waals surface area contributed by atoms with Crippen molar-refractivity contribution in [2.75, 3.05) is 6.61 Å². The molecule has 18 heavy (non-hydrogen) atoms. The lowest BCUT2D eigenvalue weighted by atomic mass is 10.00. The van der Waals surface area contributed by atoms with Crippen LogP contribution in [0.5, 0.6) is 5.75 Å². The van der Waals surface area contributed by atoms with Crippen molar-refractivity contribution in [2.45, 2.75) is 18.8 Å². The number of guanidine groups is 1. The Kier molecular flexibility index (Phi) is 2.47. The normalized spacial score (nSPS) is 24.0. The first kappa shape index (κ1) is 11.1. The molecule has 2 atom stereocenters. The average molecular weight is 245 g/mol. The van der Waals surface area contributed by atoms with Gasteiger partial charge >= 0.3 is 0 Å². The van der Waals surface area contributed by atoms with E-state index in [0.29, 0.717) is 0 Å². The summed E-state index contributed by atoms with van der Waals surface area (Å²) in [6.07, 6.45) is 1.75. The van der Waals surface area contributed by atoms with Gasteiger partial charge in [-0.2, -0.15) is 0 Å². The van der Waals surface area contributed by atoms with E-state index < -0.39 is 0 Å². The summed E-state index contributed by atoms with van der Waals surface area (Å²) in [6, 6.07) is 6.01. The summed E-state index contributed by atoms with van der Waals surface area (Å²) in [7, 11) is 0. The number of carbonyl (C=O) groups excluding carboxylic acids is 1. The van der Waals surface area contributed by atoms with Crippen LogP contribution in [0.2, 0.25) is 0 Å². The Morgan fingerprint density at radius 1 is 1.50 bits per heavy atom. The molecular formula is C13H15N3O2. The molecule has 1 aliphatic heterocycles. The molecule has 0 radical (unpaired) electrons. The van der Waals surface area contributed by atoms with Crippen LogP contribution in [0.4, 0.5) is 0 Å². The molecule has 5 nitrogen and oxygen atoms in total. The van der Waals surface area contributed by atoms with Gasteiger partial charge in [0.05, 0.1) is 6.61 Å². The standard InChI is InChI=1S/C13H15N3O2/c14-13(15)16-12(17)10-6-9(10)7-2-1-3-11-8(7)4-5-18-11/h1-3,9-10H,4-6H2,(H4,14,15,16,17)/t9-,10+/m0/s1. The third kappa shape index (κ3) is 1.81. The molecule has 1 aromatic rings. The summed E-state index contributed by atoms with van der Waals surface area (Å²) in [6.45, 7) is 0.726. The number of hydrogen-bond acceptors (Lipinski definition) is 3. The Hall–Kier alpha value is -2.04. The van der Waals surface area contributed by atoms with E-state index in [4.69, 9.17) is 15.9 Å². The average Bonchev–Trinajstić information content (AvgIpc) is 2.97. The smallest absolute Gasteiger partial charge is 0.230 e. The molecule has 1 aromatic carbocycles. The maximum absolute atomic E-state index is 11.7. The molecule has 3 rings (SSSR count). The minimum Gasteiger partial charge on any atom is -0.493 e. The zero-order chi connectivity index (χ0) is 12.7. The van der Waals surface area contributed by atoms with Crippen LogP contribution in [0.15, 0.2) is 18.2 Å². The zero-order valence-electron chi connectivity index (χ0n) is 9.90. The number of amides is 1. The van der Waals surface area contributed by atoms with E-state index >= 15 is 0 Å². The van der Waals surface area contributed by atoms with E-state index in [1.807, 2.05) is 12.1 Å². The van der Waals surface area contributed by atoms with Crippen LogP contribution in [0.25, 0.3) is 0 Å². The molecule has 4 N–H and O–H groups in total. The number of nitrogens with two attached hydrogens (primary N) is 1. The quantitative estimate of drug-likeness (QED) is 0.530. The molecule has 1 amide bonds. The summed E-state index contributed by atoms with van der Waals surface area (Å²) < 4.78 is 5.52. The summed E-state index contributed by atoms with van der Waals surface area (Å²) in [4.78, 5) is 11.7. The highest BCUT2D eigenvalue weighted by atomic mass is 16.5. The summed E-state index contributed by atoms with van der Waals surface area (Å²) >= 11 is 0. The topological polar surface area (TPSA) is 88.2 Å². The molecule has 1 fully saturated rings. The first-order chi connectivity index (χ1) is 8.66. The van der Waals surface area contributed by atoms with Gasteiger partial charge in [0.15, 0.2) is 5.96 Å².